The van der Waals surface area contributed by atoms with Crippen molar-refractivity contribution in [2.45, 2.75) is 24.9 Å². The lowest BCUT2D eigenvalue weighted by molar-refractivity contribution is -0.137. The number of hydrogen-bond donors (Lipinski definition) is 1. The van der Waals surface area contributed by atoms with Crippen LogP contribution in [-0.4, -0.2) is 13.1 Å². The number of alkyl halides is 3. The summed E-state index contributed by atoms with van der Waals surface area (Å²) in [6.07, 6.45) is -1.96. The molecule has 0 radical (unpaired) electrons. The lowest BCUT2D eigenvalue weighted by Gasteiger charge is -2.10. The van der Waals surface area contributed by atoms with Crippen LogP contribution in [0.5, 0.6) is 0 Å². The molecular formula is C13H14F3N. The third-order valence-corrected chi connectivity index (χ3v) is 4.11. The SMILES string of the molecule is FC(F)(F)c1ccc(C2CC23CCNC3)cc1. The highest BCUT2D eigenvalue weighted by atomic mass is 19.4. The van der Waals surface area contributed by atoms with Gasteiger partial charge in [-0.3, -0.25) is 0 Å². The van der Waals surface area contributed by atoms with E-state index in [9.17, 15) is 13.2 Å². The van der Waals surface area contributed by atoms with Crippen molar-refractivity contribution in [3.05, 3.63) is 35.4 Å². The number of nitrogens with one attached hydrogen (secondary N) is 1. The second-order valence-corrected chi connectivity index (χ2v) is 5.17. The van der Waals surface area contributed by atoms with E-state index in [4.69, 9.17) is 0 Å². The van der Waals surface area contributed by atoms with Crippen molar-refractivity contribution in [3.8, 4) is 0 Å². The van der Waals surface area contributed by atoms with Gasteiger partial charge in [-0.1, -0.05) is 12.1 Å². The summed E-state index contributed by atoms with van der Waals surface area (Å²) in [5.41, 5.74) is 0.849. The van der Waals surface area contributed by atoms with Crippen LogP contribution >= 0.6 is 0 Å². The smallest absolute Gasteiger partial charge is 0.316 e. The van der Waals surface area contributed by atoms with Gasteiger partial charge in [0.15, 0.2) is 0 Å². The Labute approximate surface area is 98.0 Å². The topological polar surface area (TPSA) is 12.0 Å². The summed E-state index contributed by atoms with van der Waals surface area (Å²) in [7, 11) is 0. The lowest BCUT2D eigenvalue weighted by Crippen LogP contribution is -2.10. The van der Waals surface area contributed by atoms with Gasteiger partial charge in [-0.2, -0.15) is 13.2 Å². The van der Waals surface area contributed by atoms with Gasteiger partial charge in [0.25, 0.3) is 0 Å². The molecule has 2 atom stereocenters. The average molecular weight is 241 g/mol. The Kier molecular flexibility index (Phi) is 2.27. The number of hydrogen-bond acceptors (Lipinski definition) is 1. The fourth-order valence-electron chi connectivity index (χ4n) is 2.96. The van der Waals surface area contributed by atoms with Crippen molar-refractivity contribution >= 4 is 0 Å². The Morgan fingerprint density at radius 2 is 1.88 bits per heavy atom. The summed E-state index contributed by atoms with van der Waals surface area (Å²) in [4.78, 5) is 0. The van der Waals surface area contributed by atoms with Gasteiger partial charge in [0.1, 0.15) is 0 Å². The molecule has 1 spiro atoms. The third-order valence-electron chi connectivity index (χ3n) is 4.11. The van der Waals surface area contributed by atoms with E-state index in [0.29, 0.717) is 11.3 Å². The molecular weight excluding hydrogens is 227 g/mol. The molecule has 2 fully saturated rings. The quantitative estimate of drug-likeness (QED) is 0.796. The molecule has 1 saturated carbocycles. The van der Waals surface area contributed by atoms with Gasteiger partial charge in [-0.15, -0.1) is 0 Å². The van der Waals surface area contributed by atoms with Crippen LogP contribution in [0.2, 0.25) is 0 Å². The van der Waals surface area contributed by atoms with E-state index in [0.717, 1.165) is 31.5 Å². The minimum absolute atomic E-state index is 0.347. The van der Waals surface area contributed by atoms with E-state index in [1.807, 2.05) is 0 Å². The first kappa shape index (κ1) is 11.1. The first-order chi connectivity index (χ1) is 8.01. The van der Waals surface area contributed by atoms with Gasteiger partial charge in [0.2, 0.25) is 0 Å². The van der Waals surface area contributed by atoms with Crippen LogP contribution in [0.1, 0.15) is 29.9 Å². The molecule has 92 valence electrons. The first-order valence-corrected chi connectivity index (χ1v) is 5.89. The van der Waals surface area contributed by atoms with E-state index >= 15 is 0 Å². The average Bonchev–Trinajstić information content (AvgIpc) is 2.76. The highest BCUT2D eigenvalue weighted by Crippen LogP contribution is 2.62. The van der Waals surface area contributed by atoms with Crippen LogP contribution in [0.25, 0.3) is 0 Å². The summed E-state index contributed by atoms with van der Waals surface area (Å²) in [5, 5.41) is 3.33. The molecule has 2 unspecified atom stereocenters. The standard InChI is InChI=1S/C13H14F3N/c14-13(15,16)10-3-1-9(2-4-10)11-7-12(11)5-6-17-8-12/h1-4,11,17H,5-8H2. The van der Waals surface area contributed by atoms with Gasteiger partial charge in [-0.25, -0.2) is 0 Å². The minimum Gasteiger partial charge on any atom is -0.316 e. The van der Waals surface area contributed by atoms with Crippen LogP contribution in [0, 0.1) is 5.41 Å². The molecule has 3 rings (SSSR count). The van der Waals surface area contributed by atoms with Crippen molar-refractivity contribution in [1.82, 2.24) is 5.32 Å². The molecule has 1 aliphatic heterocycles. The van der Waals surface area contributed by atoms with Crippen LogP contribution in [0.3, 0.4) is 0 Å². The molecule has 1 aliphatic carbocycles. The zero-order valence-electron chi connectivity index (χ0n) is 9.35. The van der Waals surface area contributed by atoms with Crippen LogP contribution in [0.15, 0.2) is 24.3 Å². The monoisotopic (exact) mass is 241 g/mol. The molecule has 0 bridgehead atoms. The van der Waals surface area contributed by atoms with Crippen LogP contribution in [-0.2, 0) is 6.18 Å². The first-order valence-electron chi connectivity index (χ1n) is 5.89. The Balaban J connectivity index is 1.78. The van der Waals surface area contributed by atoms with Gasteiger partial charge < -0.3 is 5.32 Å². The van der Waals surface area contributed by atoms with Gasteiger partial charge in [0, 0.05) is 6.54 Å². The van der Waals surface area contributed by atoms with E-state index in [2.05, 4.69) is 5.32 Å². The summed E-state index contributed by atoms with van der Waals surface area (Å²) < 4.78 is 37.3. The van der Waals surface area contributed by atoms with Crippen molar-refractivity contribution in [1.29, 1.82) is 0 Å². The summed E-state index contributed by atoms with van der Waals surface area (Å²) >= 11 is 0. The van der Waals surface area contributed by atoms with Crippen LogP contribution < -0.4 is 5.32 Å². The number of rotatable bonds is 1. The summed E-state index contributed by atoms with van der Waals surface area (Å²) in [6.45, 7) is 2.05. The van der Waals surface area contributed by atoms with Gasteiger partial charge >= 0.3 is 6.18 Å². The highest BCUT2D eigenvalue weighted by molar-refractivity contribution is 5.34. The Morgan fingerprint density at radius 3 is 2.41 bits per heavy atom. The second kappa shape index (κ2) is 3.48. The number of benzene rings is 1. The van der Waals surface area contributed by atoms with Crippen molar-refractivity contribution in [2.24, 2.45) is 5.41 Å². The molecule has 4 heteroatoms. The van der Waals surface area contributed by atoms with E-state index in [1.165, 1.54) is 12.1 Å². The predicted molar refractivity (Wildman–Crippen MR) is 58.7 cm³/mol. The van der Waals surface area contributed by atoms with E-state index in [-0.39, 0.29) is 0 Å². The van der Waals surface area contributed by atoms with Crippen molar-refractivity contribution in [3.63, 3.8) is 0 Å². The van der Waals surface area contributed by atoms with Crippen LogP contribution in [0.4, 0.5) is 13.2 Å². The normalized spacial score (nSPS) is 32.1. The van der Waals surface area contributed by atoms with Crippen molar-refractivity contribution < 1.29 is 13.2 Å². The molecule has 2 aliphatic rings. The number of halogens is 3. The van der Waals surface area contributed by atoms with E-state index in [1.54, 1.807) is 12.1 Å². The summed E-state index contributed by atoms with van der Waals surface area (Å²) in [5.74, 6) is 0.458. The summed E-state index contributed by atoms with van der Waals surface area (Å²) in [6, 6.07) is 5.68. The second-order valence-electron chi connectivity index (χ2n) is 5.17. The maximum atomic E-state index is 12.4. The fraction of sp³-hybridized carbons (Fsp3) is 0.538. The molecule has 1 N–H and O–H groups in total. The Hall–Kier alpha value is -1.03. The minimum atomic E-state index is -4.23. The molecule has 1 aromatic carbocycles. The maximum Gasteiger partial charge on any atom is 0.416 e. The fourth-order valence-corrected chi connectivity index (χ4v) is 2.96. The Morgan fingerprint density at radius 1 is 1.18 bits per heavy atom. The molecule has 1 nitrogen and oxygen atoms in total. The molecule has 1 aromatic rings. The van der Waals surface area contributed by atoms with E-state index < -0.39 is 11.7 Å². The highest BCUT2D eigenvalue weighted by Gasteiger charge is 2.55. The Bertz CT molecular complexity index is 415. The third kappa shape index (κ3) is 1.84. The van der Waals surface area contributed by atoms with Gasteiger partial charge in [0.05, 0.1) is 5.56 Å². The molecule has 1 heterocycles. The maximum absolute atomic E-state index is 12.4. The molecule has 0 aromatic heterocycles. The predicted octanol–water partition coefficient (Wildman–Crippen LogP) is 3.17. The largest absolute Gasteiger partial charge is 0.416 e. The molecule has 1 saturated heterocycles. The molecule has 0 amide bonds. The lowest BCUT2D eigenvalue weighted by atomic mass is 9.97. The zero-order valence-corrected chi connectivity index (χ0v) is 9.35. The van der Waals surface area contributed by atoms with Crippen molar-refractivity contribution in [2.75, 3.05) is 13.1 Å². The molecule has 17 heavy (non-hydrogen) atoms. The zero-order chi connectivity index (χ0) is 12.1. The van der Waals surface area contributed by atoms with Gasteiger partial charge in [-0.05, 0) is 48.4 Å².